The highest BCUT2D eigenvalue weighted by Crippen LogP contribution is 2.57. The number of amides is 2. The van der Waals surface area contributed by atoms with Crippen molar-refractivity contribution >= 4 is 29.1 Å². The number of rotatable bonds is 2. The largest absolute Gasteiger partial charge is 0.349 e. The van der Waals surface area contributed by atoms with E-state index < -0.39 is 46.9 Å². The fraction of sp³-hybridized carbons (Fsp3) is 0.185. The topological polar surface area (TPSA) is 80.8 Å². The SMILES string of the molecule is Cc1ccc(N2C(=O)[C@@H]3[C@@H](c4ccccc4)OC4(C(=O)c5ccccc5C4=O)[C@@H]3C2=O)cc1. The number of ketones is 2. The summed E-state index contributed by atoms with van der Waals surface area (Å²) in [7, 11) is 0. The molecule has 33 heavy (non-hydrogen) atoms. The molecule has 3 aliphatic rings. The fourth-order valence-electron chi connectivity index (χ4n) is 5.41. The third-order valence-corrected chi connectivity index (χ3v) is 6.94. The molecule has 6 heteroatoms. The van der Waals surface area contributed by atoms with Crippen LogP contribution in [0.4, 0.5) is 5.69 Å². The van der Waals surface area contributed by atoms with Gasteiger partial charge in [-0.05, 0) is 24.6 Å². The normalized spacial score (nSPS) is 25.1. The highest BCUT2D eigenvalue weighted by molar-refractivity contribution is 6.37. The van der Waals surface area contributed by atoms with Crippen LogP contribution in [-0.4, -0.2) is 29.0 Å². The number of ether oxygens (including phenoxy) is 1. The van der Waals surface area contributed by atoms with Crippen LogP contribution in [0.25, 0.3) is 0 Å². The van der Waals surface area contributed by atoms with Gasteiger partial charge in [-0.3, -0.25) is 19.2 Å². The molecule has 0 radical (unpaired) electrons. The molecule has 2 amide bonds. The first kappa shape index (κ1) is 19.8. The Kier molecular flexibility index (Phi) is 4.07. The Morgan fingerprint density at radius 2 is 1.30 bits per heavy atom. The molecule has 3 aromatic rings. The van der Waals surface area contributed by atoms with E-state index in [1.165, 1.54) is 0 Å². The van der Waals surface area contributed by atoms with Gasteiger partial charge in [0, 0.05) is 11.1 Å². The Bertz CT molecular complexity index is 1310. The van der Waals surface area contributed by atoms with Gasteiger partial charge >= 0.3 is 0 Å². The van der Waals surface area contributed by atoms with Crippen molar-refractivity contribution in [2.45, 2.75) is 18.6 Å². The van der Waals surface area contributed by atoms with Gasteiger partial charge in [0.05, 0.1) is 23.6 Å². The Morgan fingerprint density at radius 3 is 1.91 bits per heavy atom. The van der Waals surface area contributed by atoms with E-state index in [9.17, 15) is 19.2 Å². The summed E-state index contributed by atoms with van der Waals surface area (Å²) in [6.45, 7) is 1.91. The van der Waals surface area contributed by atoms with Crippen LogP contribution in [0.2, 0.25) is 0 Å². The first-order valence-electron chi connectivity index (χ1n) is 10.8. The lowest BCUT2D eigenvalue weighted by Crippen LogP contribution is -2.51. The van der Waals surface area contributed by atoms with Crippen LogP contribution < -0.4 is 4.90 Å². The van der Waals surface area contributed by atoms with Crippen LogP contribution in [0.5, 0.6) is 0 Å². The molecule has 1 spiro atoms. The molecule has 162 valence electrons. The number of imide groups is 1. The van der Waals surface area contributed by atoms with Crippen LogP contribution in [-0.2, 0) is 14.3 Å². The maximum absolute atomic E-state index is 13.8. The van der Waals surface area contributed by atoms with Crippen LogP contribution in [0.3, 0.4) is 0 Å². The summed E-state index contributed by atoms with van der Waals surface area (Å²) >= 11 is 0. The van der Waals surface area contributed by atoms with Crippen molar-refractivity contribution in [3.8, 4) is 0 Å². The smallest absolute Gasteiger partial charge is 0.241 e. The van der Waals surface area contributed by atoms with E-state index >= 15 is 0 Å². The standard InChI is InChI=1S/C27H19NO5/c1-15-11-13-17(14-12-15)28-25(31)20-21(26(28)32)27(33-22(20)16-7-3-2-4-8-16)23(29)18-9-5-6-10-19(18)24(27)30/h2-14,20-22H,1H3/t20-,21-,22+/m0/s1. The van der Waals surface area contributed by atoms with Gasteiger partial charge in [-0.15, -0.1) is 0 Å². The summed E-state index contributed by atoms with van der Waals surface area (Å²) < 4.78 is 6.25. The Hall–Kier alpha value is -3.90. The molecule has 3 atom stereocenters. The van der Waals surface area contributed by atoms with E-state index in [0.717, 1.165) is 10.5 Å². The Labute approximate surface area is 189 Å². The fourth-order valence-corrected chi connectivity index (χ4v) is 5.41. The number of hydrogen-bond acceptors (Lipinski definition) is 5. The maximum Gasteiger partial charge on any atom is 0.241 e. The molecule has 0 aromatic heterocycles. The summed E-state index contributed by atoms with van der Waals surface area (Å²) in [6, 6.07) is 22.5. The zero-order valence-electron chi connectivity index (χ0n) is 17.7. The lowest BCUT2D eigenvalue weighted by molar-refractivity contribution is -0.127. The predicted octanol–water partition coefficient (Wildman–Crippen LogP) is 3.69. The quantitative estimate of drug-likeness (QED) is 0.451. The van der Waals surface area contributed by atoms with E-state index in [0.29, 0.717) is 11.3 Å². The maximum atomic E-state index is 13.8. The molecule has 2 fully saturated rings. The van der Waals surface area contributed by atoms with Crippen LogP contribution in [0.1, 0.15) is 37.9 Å². The van der Waals surface area contributed by atoms with Gasteiger partial charge in [0.1, 0.15) is 0 Å². The first-order chi connectivity index (χ1) is 15.9. The number of carbonyl (C=O) groups is 4. The van der Waals surface area contributed by atoms with Gasteiger partial charge in [-0.2, -0.15) is 0 Å². The highest BCUT2D eigenvalue weighted by atomic mass is 16.5. The predicted molar refractivity (Wildman–Crippen MR) is 119 cm³/mol. The molecule has 0 saturated carbocycles. The third kappa shape index (κ3) is 2.47. The number of anilines is 1. The minimum atomic E-state index is -2.04. The first-order valence-corrected chi connectivity index (χ1v) is 10.8. The molecular formula is C27H19NO5. The second-order valence-electron chi connectivity index (χ2n) is 8.74. The molecule has 6 rings (SSSR count). The van der Waals surface area contributed by atoms with Gasteiger partial charge in [-0.1, -0.05) is 72.3 Å². The number of benzene rings is 3. The zero-order chi connectivity index (χ0) is 22.9. The number of hydrogen-bond donors (Lipinski definition) is 0. The van der Waals surface area contributed by atoms with E-state index in [-0.39, 0.29) is 11.1 Å². The summed E-state index contributed by atoms with van der Waals surface area (Å²) in [5.41, 5.74) is 0.459. The lowest BCUT2D eigenvalue weighted by atomic mass is 9.77. The molecule has 0 bridgehead atoms. The summed E-state index contributed by atoms with van der Waals surface area (Å²) in [5, 5.41) is 0. The molecular weight excluding hydrogens is 418 g/mol. The average molecular weight is 437 g/mol. The Balaban J connectivity index is 1.55. The monoisotopic (exact) mass is 437 g/mol. The van der Waals surface area contributed by atoms with E-state index in [2.05, 4.69) is 0 Å². The van der Waals surface area contributed by atoms with E-state index in [1.807, 2.05) is 25.1 Å². The van der Waals surface area contributed by atoms with Crippen molar-refractivity contribution in [3.63, 3.8) is 0 Å². The third-order valence-electron chi connectivity index (χ3n) is 6.94. The van der Waals surface area contributed by atoms with Crippen LogP contribution in [0, 0.1) is 18.8 Å². The second-order valence-corrected chi connectivity index (χ2v) is 8.74. The molecule has 2 aliphatic heterocycles. The summed E-state index contributed by atoms with van der Waals surface area (Å²) in [6.07, 6.45) is -0.898. The number of carbonyl (C=O) groups excluding carboxylic acids is 4. The van der Waals surface area contributed by atoms with Crippen molar-refractivity contribution in [2.75, 3.05) is 4.90 Å². The van der Waals surface area contributed by atoms with Crippen molar-refractivity contribution in [2.24, 2.45) is 11.8 Å². The second kappa shape index (κ2) is 6.80. The van der Waals surface area contributed by atoms with Crippen molar-refractivity contribution < 1.29 is 23.9 Å². The van der Waals surface area contributed by atoms with Crippen LogP contribution >= 0.6 is 0 Å². The molecule has 6 nitrogen and oxygen atoms in total. The highest BCUT2D eigenvalue weighted by Gasteiger charge is 2.74. The minimum Gasteiger partial charge on any atom is -0.349 e. The van der Waals surface area contributed by atoms with Gasteiger partial charge in [0.25, 0.3) is 0 Å². The minimum absolute atomic E-state index is 0.226. The zero-order valence-corrected chi connectivity index (χ0v) is 17.7. The van der Waals surface area contributed by atoms with Crippen molar-refractivity contribution in [1.29, 1.82) is 0 Å². The molecule has 0 unspecified atom stereocenters. The summed E-state index contributed by atoms with van der Waals surface area (Å²) in [5.74, 6) is -4.36. The summed E-state index contributed by atoms with van der Waals surface area (Å²) in [4.78, 5) is 55.9. The number of Topliss-reactive ketones (excluding diaryl/α,β-unsaturated/α-hetero) is 2. The molecule has 2 heterocycles. The number of fused-ring (bicyclic) bond motifs is 3. The molecule has 3 aromatic carbocycles. The van der Waals surface area contributed by atoms with Gasteiger partial charge < -0.3 is 4.74 Å². The van der Waals surface area contributed by atoms with Gasteiger partial charge in [0.15, 0.2) is 0 Å². The van der Waals surface area contributed by atoms with Gasteiger partial charge in [-0.25, -0.2) is 4.90 Å². The van der Waals surface area contributed by atoms with Crippen molar-refractivity contribution in [3.05, 3.63) is 101 Å². The number of nitrogens with zero attached hydrogens (tertiary/aromatic N) is 1. The van der Waals surface area contributed by atoms with Gasteiger partial charge in [0.2, 0.25) is 29.0 Å². The molecule has 1 aliphatic carbocycles. The van der Waals surface area contributed by atoms with Crippen molar-refractivity contribution in [1.82, 2.24) is 0 Å². The average Bonchev–Trinajstić information content (AvgIpc) is 3.41. The number of aryl methyl sites for hydroxylation is 1. The van der Waals surface area contributed by atoms with E-state index in [1.54, 1.807) is 60.7 Å². The Morgan fingerprint density at radius 1 is 0.727 bits per heavy atom. The molecule has 2 saturated heterocycles. The van der Waals surface area contributed by atoms with E-state index in [4.69, 9.17) is 4.74 Å². The van der Waals surface area contributed by atoms with Crippen LogP contribution in [0.15, 0.2) is 78.9 Å². The lowest BCUT2D eigenvalue weighted by Gasteiger charge is -2.27. The molecule has 0 N–H and O–H groups in total.